The number of esters is 1. The van der Waals surface area contributed by atoms with E-state index in [-0.39, 0.29) is 11.9 Å². The van der Waals surface area contributed by atoms with Gasteiger partial charge < -0.3 is 9.64 Å². The zero-order valence-electron chi connectivity index (χ0n) is 11.8. The molecule has 1 aliphatic carbocycles. The Balaban J connectivity index is 2.56. The van der Waals surface area contributed by atoms with Crippen LogP contribution in [0.1, 0.15) is 52.4 Å². The zero-order valence-corrected chi connectivity index (χ0v) is 11.8. The molecule has 1 fully saturated rings. The lowest BCUT2D eigenvalue weighted by molar-refractivity contribution is -0.142. The van der Waals surface area contributed by atoms with E-state index in [1.54, 1.807) is 0 Å². The first kappa shape index (κ1) is 15.0. The third kappa shape index (κ3) is 4.67. The van der Waals surface area contributed by atoms with Gasteiger partial charge in [0, 0.05) is 19.0 Å². The fourth-order valence-electron chi connectivity index (χ4n) is 2.51. The molecule has 0 aliphatic heterocycles. The molecule has 0 heterocycles. The van der Waals surface area contributed by atoms with Crippen molar-refractivity contribution in [2.24, 2.45) is 5.92 Å². The summed E-state index contributed by atoms with van der Waals surface area (Å²) >= 11 is 0. The predicted molar refractivity (Wildman–Crippen MR) is 70.1 cm³/mol. The summed E-state index contributed by atoms with van der Waals surface area (Å²) < 4.78 is 4.65. The Labute approximate surface area is 110 Å². The summed E-state index contributed by atoms with van der Waals surface area (Å²) in [6, 6.07) is 0.334. The van der Waals surface area contributed by atoms with Crippen LogP contribution >= 0.6 is 0 Å². The van der Waals surface area contributed by atoms with Gasteiger partial charge in [-0.2, -0.15) is 0 Å². The van der Waals surface area contributed by atoms with E-state index in [4.69, 9.17) is 0 Å². The molecule has 0 aromatic carbocycles. The summed E-state index contributed by atoms with van der Waals surface area (Å²) in [5.74, 6) is 0.302. The van der Waals surface area contributed by atoms with E-state index < -0.39 is 0 Å². The van der Waals surface area contributed by atoms with Crippen molar-refractivity contribution < 1.29 is 14.3 Å². The quantitative estimate of drug-likeness (QED) is 0.684. The minimum Gasteiger partial charge on any atom is -0.469 e. The number of ether oxygens (including phenoxy) is 1. The smallest absolute Gasteiger partial charge is 0.307 e. The van der Waals surface area contributed by atoms with E-state index in [0.717, 1.165) is 12.8 Å². The molecule has 0 N–H and O–H groups in total. The average molecular weight is 255 g/mol. The van der Waals surface area contributed by atoms with Gasteiger partial charge in [-0.25, -0.2) is 0 Å². The van der Waals surface area contributed by atoms with Crippen molar-refractivity contribution in [1.82, 2.24) is 4.90 Å². The number of rotatable bonds is 6. The lowest BCUT2D eigenvalue weighted by atomic mass is 10.1. The molecule has 1 saturated carbocycles. The topological polar surface area (TPSA) is 46.6 Å². The van der Waals surface area contributed by atoms with Gasteiger partial charge in [-0.3, -0.25) is 9.59 Å². The number of hydrogen-bond donors (Lipinski definition) is 0. The number of amides is 1. The van der Waals surface area contributed by atoms with Gasteiger partial charge in [0.15, 0.2) is 0 Å². The van der Waals surface area contributed by atoms with Gasteiger partial charge in [-0.15, -0.1) is 0 Å². The van der Waals surface area contributed by atoms with Crippen LogP contribution in [0, 0.1) is 5.92 Å². The highest BCUT2D eigenvalue weighted by molar-refractivity contribution is 5.77. The van der Waals surface area contributed by atoms with E-state index in [0.29, 0.717) is 31.3 Å². The molecule has 18 heavy (non-hydrogen) atoms. The zero-order chi connectivity index (χ0) is 13.5. The Hall–Kier alpha value is -1.06. The molecule has 1 rings (SSSR count). The van der Waals surface area contributed by atoms with Crippen LogP contribution in [0.2, 0.25) is 0 Å². The molecule has 1 aliphatic rings. The fraction of sp³-hybridized carbons (Fsp3) is 0.857. The number of carbonyl (C=O) groups excluding carboxylic acids is 2. The summed E-state index contributed by atoms with van der Waals surface area (Å²) in [5, 5.41) is 0. The maximum atomic E-state index is 12.2. The summed E-state index contributed by atoms with van der Waals surface area (Å²) in [4.78, 5) is 25.3. The third-order valence-corrected chi connectivity index (χ3v) is 3.45. The molecule has 0 bridgehead atoms. The molecule has 0 unspecified atom stereocenters. The van der Waals surface area contributed by atoms with Crippen LogP contribution in [0.25, 0.3) is 0 Å². The van der Waals surface area contributed by atoms with Gasteiger partial charge in [-0.1, -0.05) is 26.7 Å². The van der Waals surface area contributed by atoms with Crippen molar-refractivity contribution in [2.75, 3.05) is 13.7 Å². The summed E-state index contributed by atoms with van der Waals surface area (Å²) in [7, 11) is 1.39. The number of carbonyl (C=O) groups is 2. The van der Waals surface area contributed by atoms with Crippen LogP contribution in [-0.4, -0.2) is 36.5 Å². The van der Waals surface area contributed by atoms with Gasteiger partial charge >= 0.3 is 5.97 Å². The standard InChI is InChI=1S/C14H25NO3/c1-11(2)10-13(16)15(9-8-14(17)18-3)12-6-4-5-7-12/h11-12H,4-10H2,1-3H3. The summed E-state index contributed by atoms with van der Waals surface area (Å²) in [5.41, 5.74) is 0. The first-order valence-corrected chi connectivity index (χ1v) is 6.91. The Kier molecular flexibility index (Phi) is 6.16. The van der Waals surface area contributed by atoms with E-state index in [1.165, 1.54) is 20.0 Å². The monoisotopic (exact) mass is 255 g/mol. The lowest BCUT2D eigenvalue weighted by Crippen LogP contribution is -2.40. The molecule has 0 aromatic rings. The minimum absolute atomic E-state index is 0.181. The highest BCUT2D eigenvalue weighted by Gasteiger charge is 2.27. The lowest BCUT2D eigenvalue weighted by Gasteiger charge is -2.29. The number of hydrogen-bond acceptors (Lipinski definition) is 3. The third-order valence-electron chi connectivity index (χ3n) is 3.45. The van der Waals surface area contributed by atoms with Crippen LogP contribution in [0.3, 0.4) is 0 Å². The van der Waals surface area contributed by atoms with Crippen LogP contribution < -0.4 is 0 Å². The van der Waals surface area contributed by atoms with Crippen molar-refractivity contribution in [3.05, 3.63) is 0 Å². The molecular formula is C14H25NO3. The SMILES string of the molecule is COC(=O)CCN(C(=O)CC(C)C)C1CCCC1. The molecule has 0 radical (unpaired) electrons. The summed E-state index contributed by atoms with van der Waals surface area (Å²) in [6.45, 7) is 4.60. The number of methoxy groups -OCH3 is 1. The predicted octanol–water partition coefficient (Wildman–Crippen LogP) is 2.37. The minimum atomic E-state index is -0.240. The van der Waals surface area contributed by atoms with Crippen molar-refractivity contribution in [1.29, 1.82) is 0 Å². The molecule has 4 nitrogen and oxygen atoms in total. The maximum Gasteiger partial charge on any atom is 0.307 e. The second-order valence-electron chi connectivity index (χ2n) is 5.45. The highest BCUT2D eigenvalue weighted by atomic mass is 16.5. The fourth-order valence-corrected chi connectivity index (χ4v) is 2.51. The van der Waals surface area contributed by atoms with Crippen molar-refractivity contribution in [2.45, 2.75) is 58.4 Å². The van der Waals surface area contributed by atoms with Crippen LogP contribution in [0.4, 0.5) is 0 Å². The molecular weight excluding hydrogens is 230 g/mol. The van der Waals surface area contributed by atoms with Crippen molar-refractivity contribution in [3.8, 4) is 0 Å². The summed E-state index contributed by atoms with van der Waals surface area (Å²) in [6.07, 6.45) is 5.40. The largest absolute Gasteiger partial charge is 0.469 e. The van der Waals surface area contributed by atoms with E-state index in [9.17, 15) is 9.59 Å². The van der Waals surface area contributed by atoms with Gasteiger partial charge in [0.2, 0.25) is 5.91 Å². The van der Waals surface area contributed by atoms with Crippen molar-refractivity contribution >= 4 is 11.9 Å². The molecule has 0 saturated heterocycles. The highest BCUT2D eigenvalue weighted by Crippen LogP contribution is 2.24. The second-order valence-corrected chi connectivity index (χ2v) is 5.45. The van der Waals surface area contributed by atoms with Gasteiger partial charge in [0.05, 0.1) is 13.5 Å². The number of nitrogens with zero attached hydrogens (tertiary/aromatic N) is 1. The van der Waals surface area contributed by atoms with Crippen LogP contribution in [-0.2, 0) is 14.3 Å². The first-order chi connectivity index (χ1) is 8.54. The maximum absolute atomic E-state index is 12.2. The normalized spacial score (nSPS) is 16.0. The van der Waals surface area contributed by atoms with Crippen LogP contribution in [0.5, 0.6) is 0 Å². The Morgan fingerprint density at radius 2 is 1.89 bits per heavy atom. The van der Waals surface area contributed by atoms with Gasteiger partial charge in [-0.05, 0) is 18.8 Å². The van der Waals surface area contributed by atoms with E-state index >= 15 is 0 Å². The van der Waals surface area contributed by atoms with Crippen molar-refractivity contribution in [3.63, 3.8) is 0 Å². The van der Waals surface area contributed by atoms with E-state index in [2.05, 4.69) is 4.74 Å². The molecule has 1 amide bonds. The first-order valence-electron chi connectivity index (χ1n) is 6.91. The van der Waals surface area contributed by atoms with E-state index in [1.807, 2.05) is 18.7 Å². The van der Waals surface area contributed by atoms with Crippen LogP contribution in [0.15, 0.2) is 0 Å². The molecule has 4 heteroatoms. The van der Waals surface area contributed by atoms with Gasteiger partial charge in [0.1, 0.15) is 0 Å². The molecule has 104 valence electrons. The van der Waals surface area contributed by atoms with Gasteiger partial charge in [0.25, 0.3) is 0 Å². The second kappa shape index (κ2) is 7.39. The average Bonchev–Trinajstić information content (AvgIpc) is 2.81. The molecule has 0 aromatic heterocycles. The Morgan fingerprint density at radius 3 is 2.39 bits per heavy atom. The molecule has 0 atom stereocenters. The Morgan fingerprint density at radius 1 is 1.28 bits per heavy atom. The molecule has 0 spiro atoms. The Bertz CT molecular complexity index is 283.